The monoisotopic (exact) mass is 364 g/mol. The summed E-state index contributed by atoms with van der Waals surface area (Å²) < 4.78 is 1.27. The second-order valence-electron chi connectivity index (χ2n) is 6.46. The average molecular weight is 364 g/mol. The molecular formula is C20H20N4O3. The van der Waals surface area contributed by atoms with E-state index in [1.165, 1.54) is 10.9 Å². The second kappa shape index (κ2) is 7.82. The molecule has 3 aromatic rings. The Hall–Kier alpha value is -3.48. The van der Waals surface area contributed by atoms with Gasteiger partial charge < -0.3 is 10.6 Å². The number of rotatable bonds is 5. The number of carbonyl (C=O) groups excluding carboxylic acids is 2. The van der Waals surface area contributed by atoms with Crippen LogP contribution in [-0.2, 0) is 16.1 Å². The van der Waals surface area contributed by atoms with Crippen LogP contribution >= 0.6 is 0 Å². The SMILES string of the molecule is CC(C)C(=O)Nc1ccc(NC(=O)Cn2cnc3ccccc3c2=O)cc1. The third-order valence-corrected chi connectivity index (χ3v) is 4.01. The van der Waals surface area contributed by atoms with Gasteiger partial charge in [0.25, 0.3) is 5.56 Å². The smallest absolute Gasteiger partial charge is 0.261 e. The average Bonchev–Trinajstić information content (AvgIpc) is 2.65. The highest BCUT2D eigenvalue weighted by molar-refractivity contribution is 5.93. The molecule has 0 aliphatic carbocycles. The molecule has 0 fully saturated rings. The highest BCUT2D eigenvalue weighted by Crippen LogP contribution is 2.14. The zero-order valence-electron chi connectivity index (χ0n) is 15.1. The largest absolute Gasteiger partial charge is 0.326 e. The first-order valence-electron chi connectivity index (χ1n) is 8.59. The molecule has 0 saturated carbocycles. The summed E-state index contributed by atoms with van der Waals surface area (Å²) in [5.74, 6) is -0.527. The van der Waals surface area contributed by atoms with E-state index in [4.69, 9.17) is 0 Å². The van der Waals surface area contributed by atoms with Crippen molar-refractivity contribution in [3.05, 3.63) is 65.2 Å². The van der Waals surface area contributed by atoms with E-state index in [1.807, 2.05) is 13.8 Å². The lowest BCUT2D eigenvalue weighted by atomic mass is 10.2. The Balaban J connectivity index is 1.67. The lowest BCUT2D eigenvalue weighted by Gasteiger charge is -2.10. The number of amides is 2. The molecule has 27 heavy (non-hydrogen) atoms. The van der Waals surface area contributed by atoms with Crippen LogP contribution in [0.2, 0.25) is 0 Å². The second-order valence-corrected chi connectivity index (χ2v) is 6.46. The van der Waals surface area contributed by atoms with Gasteiger partial charge in [-0.15, -0.1) is 0 Å². The maximum Gasteiger partial charge on any atom is 0.261 e. The summed E-state index contributed by atoms with van der Waals surface area (Å²) in [6.07, 6.45) is 1.37. The predicted molar refractivity (Wildman–Crippen MR) is 105 cm³/mol. The summed E-state index contributed by atoms with van der Waals surface area (Å²) in [4.78, 5) is 40.6. The summed E-state index contributed by atoms with van der Waals surface area (Å²) >= 11 is 0. The number of para-hydroxylation sites is 1. The minimum Gasteiger partial charge on any atom is -0.326 e. The summed E-state index contributed by atoms with van der Waals surface area (Å²) in [5.41, 5.74) is 1.56. The van der Waals surface area contributed by atoms with Crippen molar-refractivity contribution >= 4 is 34.1 Å². The molecule has 2 amide bonds. The van der Waals surface area contributed by atoms with Crippen molar-refractivity contribution in [1.29, 1.82) is 0 Å². The van der Waals surface area contributed by atoms with Crippen LogP contribution in [0.15, 0.2) is 59.7 Å². The van der Waals surface area contributed by atoms with Crippen LogP contribution in [-0.4, -0.2) is 21.4 Å². The van der Waals surface area contributed by atoms with Crippen molar-refractivity contribution in [1.82, 2.24) is 9.55 Å². The lowest BCUT2D eigenvalue weighted by molar-refractivity contribution is -0.119. The van der Waals surface area contributed by atoms with Gasteiger partial charge in [-0.05, 0) is 36.4 Å². The first-order chi connectivity index (χ1) is 12.9. The number of carbonyl (C=O) groups is 2. The van der Waals surface area contributed by atoms with Gasteiger partial charge in [-0.25, -0.2) is 4.98 Å². The molecule has 1 aromatic heterocycles. The van der Waals surface area contributed by atoms with E-state index in [2.05, 4.69) is 15.6 Å². The molecule has 0 atom stereocenters. The van der Waals surface area contributed by atoms with E-state index < -0.39 is 0 Å². The van der Waals surface area contributed by atoms with Gasteiger partial charge >= 0.3 is 0 Å². The van der Waals surface area contributed by atoms with Gasteiger partial charge in [-0.2, -0.15) is 0 Å². The van der Waals surface area contributed by atoms with E-state index in [9.17, 15) is 14.4 Å². The molecule has 2 aromatic carbocycles. The molecule has 138 valence electrons. The van der Waals surface area contributed by atoms with E-state index in [0.29, 0.717) is 22.3 Å². The maximum atomic E-state index is 12.4. The molecule has 3 rings (SSSR count). The molecule has 0 aliphatic rings. The number of anilines is 2. The van der Waals surface area contributed by atoms with Crippen LogP contribution < -0.4 is 16.2 Å². The molecule has 0 bridgehead atoms. The fourth-order valence-electron chi connectivity index (χ4n) is 2.50. The number of hydrogen-bond donors (Lipinski definition) is 2. The Morgan fingerprint density at radius 3 is 2.30 bits per heavy atom. The van der Waals surface area contributed by atoms with E-state index >= 15 is 0 Å². The fraction of sp³-hybridized carbons (Fsp3) is 0.200. The summed E-state index contributed by atoms with van der Waals surface area (Å²) in [7, 11) is 0. The zero-order valence-corrected chi connectivity index (χ0v) is 15.1. The van der Waals surface area contributed by atoms with Gasteiger partial charge in [0.15, 0.2) is 0 Å². The summed E-state index contributed by atoms with van der Waals surface area (Å²) in [6, 6.07) is 13.8. The Kier molecular flexibility index (Phi) is 5.30. The predicted octanol–water partition coefficient (Wildman–Crippen LogP) is 2.63. The van der Waals surface area contributed by atoms with Gasteiger partial charge in [0, 0.05) is 17.3 Å². The zero-order chi connectivity index (χ0) is 19.4. The Labute approximate surface area is 156 Å². The maximum absolute atomic E-state index is 12.4. The molecule has 2 N–H and O–H groups in total. The number of nitrogens with zero attached hydrogens (tertiary/aromatic N) is 2. The number of fused-ring (bicyclic) bond motifs is 1. The minimum atomic E-state index is -0.340. The van der Waals surface area contributed by atoms with Crippen LogP contribution in [0.25, 0.3) is 10.9 Å². The van der Waals surface area contributed by atoms with Crippen molar-refractivity contribution in [2.24, 2.45) is 5.92 Å². The van der Waals surface area contributed by atoms with Crippen molar-refractivity contribution in [3.63, 3.8) is 0 Å². The van der Waals surface area contributed by atoms with Crippen molar-refractivity contribution in [2.75, 3.05) is 10.6 Å². The quantitative estimate of drug-likeness (QED) is 0.728. The molecule has 0 radical (unpaired) electrons. The van der Waals surface area contributed by atoms with E-state index in [1.54, 1.807) is 48.5 Å². The number of aromatic nitrogens is 2. The molecule has 0 unspecified atom stereocenters. The molecule has 0 spiro atoms. The van der Waals surface area contributed by atoms with Crippen molar-refractivity contribution in [2.45, 2.75) is 20.4 Å². The van der Waals surface area contributed by atoms with Crippen molar-refractivity contribution in [3.8, 4) is 0 Å². The third kappa shape index (κ3) is 4.38. The van der Waals surface area contributed by atoms with Gasteiger partial charge in [0.1, 0.15) is 6.54 Å². The van der Waals surface area contributed by atoms with E-state index in [-0.39, 0.29) is 29.8 Å². The van der Waals surface area contributed by atoms with Crippen molar-refractivity contribution < 1.29 is 9.59 Å². The van der Waals surface area contributed by atoms with Gasteiger partial charge in [0.2, 0.25) is 11.8 Å². The Bertz CT molecular complexity index is 1040. The number of hydrogen-bond acceptors (Lipinski definition) is 4. The summed E-state index contributed by atoms with van der Waals surface area (Å²) in [5, 5.41) is 5.98. The topological polar surface area (TPSA) is 93.1 Å². The van der Waals surface area contributed by atoms with Gasteiger partial charge in [-0.3, -0.25) is 19.0 Å². The van der Waals surface area contributed by atoms with Crippen LogP contribution in [0.4, 0.5) is 11.4 Å². The van der Waals surface area contributed by atoms with Crippen LogP contribution in [0.3, 0.4) is 0 Å². The van der Waals surface area contributed by atoms with Gasteiger partial charge in [0.05, 0.1) is 17.2 Å². The molecule has 0 aliphatic heterocycles. The third-order valence-electron chi connectivity index (χ3n) is 4.01. The van der Waals surface area contributed by atoms with Crippen LogP contribution in [0.5, 0.6) is 0 Å². The summed E-state index contributed by atoms with van der Waals surface area (Å²) in [6.45, 7) is 3.49. The first-order valence-corrected chi connectivity index (χ1v) is 8.59. The molecule has 7 nitrogen and oxygen atoms in total. The lowest BCUT2D eigenvalue weighted by Crippen LogP contribution is -2.27. The fourth-order valence-corrected chi connectivity index (χ4v) is 2.50. The number of nitrogens with one attached hydrogen (secondary N) is 2. The van der Waals surface area contributed by atoms with E-state index in [0.717, 1.165) is 0 Å². The first kappa shape index (κ1) is 18.3. The molecule has 7 heteroatoms. The highest BCUT2D eigenvalue weighted by atomic mass is 16.2. The highest BCUT2D eigenvalue weighted by Gasteiger charge is 2.09. The molecule has 1 heterocycles. The number of benzene rings is 2. The molecule has 0 saturated heterocycles. The van der Waals surface area contributed by atoms with Gasteiger partial charge in [-0.1, -0.05) is 26.0 Å². The standard InChI is InChI=1S/C20H20N4O3/c1-13(2)19(26)23-15-9-7-14(8-10-15)22-18(25)11-24-12-21-17-6-4-3-5-16(17)20(24)27/h3-10,12-13H,11H2,1-2H3,(H,22,25)(H,23,26). The Morgan fingerprint density at radius 1 is 1.00 bits per heavy atom. The Morgan fingerprint density at radius 2 is 1.63 bits per heavy atom. The minimum absolute atomic E-state index is 0.0741. The molecular weight excluding hydrogens is 344 g/mol. The van der Waals surface area contributed by atoms with Crippen LogP contribution in [0, 0.1) is 5.92 Å². The van der Waals surface area contributed by atoms with Crippen LogP contribution in [0.1, 0.15) is 13.8 Å². The normalized spacial score (nSPS) is 10.8.